The fraction of sp³-hybridized carbons (Fsp3) is 0.333. The van der Waals surface area contributed by atoms with Crippen molar-refractivity contribution in [3.63, 3.8) is 0 Å². The molecule has 0 aromatic heterocycles. The lowest BCUT2D eigenvalue weighted by Crippen LogP contribution is -2.61. The average Bonchev–Trinajstić information content (AvgIpc) is 2.91. The Morgan fingerprint density at radius 2 is 1.49 bits per heavy atom. The van der Waals surface area contributed by atoms with Crippen molar-refractivity contribution in [1.29, 1.82) is 0 Å². The number of rotatable bonds is 8. The Morgan fingerprint density at radius 1 is 0.914 bits per heavy atom. The third kappa shape index (κ3) is 5.91. The van der Waals surface area contributed by atoms with Gasteiger partial charge in [-0.25, -0.2) is 4.79 Å². The van der Waals surface area contributed by atoms with Crippen LogP contribution in [-0.4, -0.2) is 34.5 Å². The molecule has 0 aliphatic carbocycles. The molecule has 182 valence electrons. The van der Waals surface area contributed by atoms with Gasteiger partial charge in [0.1, 0.15) is 6.61 Å². The van der Waals surface area contributed by atoms with Gasteiger partial charge in [-0.3, -0.25) is 9.69 Å². The lowest BCUT2D eigenvalue weighted by atomic mass is 9.85. The third-order valence-corrected chi connectivity index (χ3v) is 6.84. The summed E-state index contributed by atoms with van der Waals surface area (Å²) in [5.41, 5.74) is 3.08. The molecule has 1 fully saturated rings. The van der Waals surface area contributed by atoms with Crippen molar-refractivity contribution in [2.45, 2.75) is 51.8 Å². The van der Waals surface area contributed by atoms with Crippen LogP contribution in [-0.2, 0) is 22.6 Å². The number of nitrogens with zero attached hydrogens (tertiary/aromatic N) is 2. The highest BCUT2D eigenvalue weighted by Crippen LogP contribution is 2.33. The zero-order valence-electron chi connectivity index (χ0n) is 20.5. The molecule has 5 nitrogen and oxygen atoms in total. The van der Waals surface area contributed by atoms with E-state index < -0.39 is 0 Å². The van der Waals surface area contributed by atoms with Crippen LogP contribution >= 0.6 is 0 Å². The fourth-order valence-electron chi connectivity index (χ4n) is 4.90. The van der Waals surface area contributed by atoms with Gasteiger partial charge >= 0.3 is 6.09 Å². The third-order valence-electron chi connectivity index (χ3n) is 6.84. The van der Waals surface area contributed by atoms with Gasteiger partial charge in [-0.05, 0) is 36.5 Å². The maximum absolute atomic E-state index is 13.9. The molecule has 0 unspecified atom stereocenters. The molecule has 3 atom stereocenters. The van der Waals surface area contributed by atoms with Gasteiger partial charge in [0.15, 0.2) is 0 Å². The number of ether oxygens (including phenoxy) is 1. The molecule has 0 bridgehead atoms. The van der Waals surface area contributed by atoms with Gasteiger partial charge in [0.05, 0.1) is 18.6 Å². The molecule has 1 saturated heterocycles. The van der Waals surface area contributed by atoms with Gasteiger partial charge in [-0.2, -0.15) is 0 Å². The number of hydrogen-bond acceptors (Lipinski definition) is 3. The monoisotopic (exact) mass is 470 g/mol. The highest BCUT2D eigenvalue weighted by molar-refractivity contribution is 5.83. The van der Waals surface area contributed by atoms with E-state index >= 15 is 0 Å². The standard InChI is InChI=1S/C30H34N2O3/c1-3-13-28-27(20-24-14-7-4-8-15-24)29(33)31(23(2)26-18-11-6-12-19-26)22-32(28)30(34)35-21-25-16-9-5-10-17-25/h4-12,14-19,23,27-28H,3,13,20-22H2,1-2H3/t23-,27+,28+/m0/s1. The van der Waals surface area contributed by atoms with E-state index in [0.29, 0.717) is 6.42 Å². The topological polar surface area (TPSA) is 49.9 Å². The Balaban J connectivity index is 1.63. The fourth-order valence-corrected chi connectivity index (χ4v) is 4.90. The Hall–Kier alpha value is -3.60. The summed E-state index contributed by atoms with van der Waals surface area (Å²) in [6, 6.07) is 29.4. The lowest BCUT2D eigenvalue weighted by Gasteiger charge is -2.47. The van der Waals surface area contributed by atoms with Gasteiger partial charge in [0, 0.05) is 6.04 Å². The minimum atomic E-state index is -0.372. The maximum Gasteiger partial charge on any atom is 0.411 e. The van der Waals surface area contributed by atoms with E-state index in [9.17, 15) is 9.59 Å². The number of amides is 2. The molecule has 0 saturated carbocycles. The predicted molar refractivity (Wildman–Crippen MR) is 137 cm³/mol. The van der Waals surface area contributed by atoms with E-state index in [0.717, 1.165) is 29.5 Å². The van der Waals surface area contributed by atoms with E-state index in [1.54, 1.807) is 4.90 Å². The molecular weight excluding hydrogens is 436 g/mol. The van der Waals surface area contributed by atoms with Crippen molar-refractivity contribution in [3.05, 3.63) is 108 Å². The van der Waals surface area contributed by atoms with Crippen molar-refractivity contribution < 1.29 is 14.3 Å². The molecule has 1 heterocycles. The van der Waals surface area contributed by atoms with Crippen LogP contribution in [0.2, 0.25) is 0 Å². The minimum Gasteiger partial charge on any atom is -0.444 e. The summed E-state index contributed by atoms with van der Waals surface area (Å²) in [6.45, 7) is 4.55. The van der Waals surface area contributed by atoms with Crippen LogP contribution in [0.1, 0.15) is 49.4 Å². The van der Waals surface area contributed by atoms with Crippen molar-refractivity contribution in [1.82, 2.24) is 9.80 Å². The van der Waals surface area contributed by atoms with Crippen LogP contribution in [0.3, 0.4) is 0 Å². The first-order chi connectivity index (χ1) is 17.1. The molecule has 4 rings (SSSR count). The second-order valence-electron chi connectivity index (χ2n) is 9.20. The van der Waals surface area contributed by atoms with Crippen LogP contribution in [0, 0.1) is 5.92 Å². The van der Waals surface area contributed by atoms with Crippen molar-refractivity contribution >= 4 is 12.0 Å². The average molecular weight is 471 g/mol. The lowest BCUT2D eigenvalue weighted by molar-refractivity contribution is -0.150. The summed E-state index contributed by atoms with van der Waals surface area (Å²) in [6.07, 6.45) is 1.84. The zero-order chi connectivity index (χ0) is 24.6. The largest absolute Gasteiger partial charge is 0.444 e. The first-order valence-electron chi connectivity index (χ1n) is 12.4. The second-order valence-corrected chi connectivity index (χ2v) is 9.20. The van der Waals surface area contributed by atoms with E-state index in [1.165, 1.54) is 0 Å². The zero-order valence-corrected chi connectivity index (χ0v) is 20.5. The van der Waals surface area contributed by atoms with Gasteiger partial charge in [-0.15, -0.1) is 0 Å². The number of hydrogen-bond donors (Lipinski definition) is 0. The summed E-state index contributed by atoms with van der Waals surface area (Å²) in [5.74, 6) is -0.239. The molecule has 3 aromatic carbocycles. The molecule has 1 aliphatic heterocycles. The van der Waals surface area contributed by atoms with E-state index in [4.69, 9.17) is 4.74 Å². The van der Waals surface area contributed by atoms with Crippen LogP contribution < -0.4 is 0 Å². The Labute approximate surface area is 208 Å². The molecular formula is C30H34N2O3. The summed E-state index contributed by atoms with van der Waals surface area (Å²) in [7, 11) is 0. The first-order valence-corrected chi connectivity index (χ1v) is 12.4. The molecule has 0 N–H and O–H groups in total. The molecule has 2 amide bonds. The molecule has 0 radical (unpaired) electrons. The molecule has 3 aromatic rings. The first kappa shape index (κ1) is 24.5. The van der Waals surface area contributed by atoms with Gasteiger partial charge < -0.3 is 9.64 Å². The molecule has 5 heteroatoms. The summed E-state index contributed by atoms with van der Waals surface area (Å²) >= 11 is 0. The molecule has 35 heavy (non-hydrogen) atoms. The summed E-state index contributed by atoms with van der Waals surface area (Å²) < 4.78 is 5.76. The molecule has 0 spiro atoms. The molecule has 1 aliphatic rings. The Bertz CT molecular complexity index is 1090. The highest BCUT2D eigenvalue weighted by Gasteiger charge is 2.44. The highest BCUT2D eigenvalue weighted by atomic mass is 16.6. The van der Waals surface area contributed by atoms with Crippen LogP contribution in [0.25, 0.3) is 0 Å². The van der Waals surface area contributed by atoms with Gasteiger partial charge in [0.25, 0.3) is 0 Å². The van der Waals surface area contributed by atoms with E-state index in [-0.39, 0.29) is 43.3 Å². The van der Waals surface area contributed by atoms with Crippen molar-refractivity contribution in [3.8, 4) is 0 Å². The normalized spacial score (nSPS) is 18.9. The minimum absolute atomic E-state index is 0.0933. The smallest absolute Gasteiger partial charge is 0.411 e. The van der Waals surface area contributed by atoms with Crippen LogP contribution in [0.15, 0.2) is 91.0 Å². The predicted octanol–water partition coefficient (Wildman–Crippen LogP) is 6.21. The van der Waals surface area contributed by atoms with Crippen molar-refractivity contribution in [2.24, 2.45) is 5.92 Å². The Kier molecular flexibility index (Phi) is 8.19. The number of benzene rings is 3. The second kappa shape index (κ2) is 11.7. The quantitative estimate of drug-likeness (QED) is 0.393. The maximum atomic E-state index is 13.9. The summed E-state index contributed by atoms with van der Waals surface area (Å²) in [5, 5.41) is 0. The number of carbonyl (C=O) groups is 2. The Morgan fingerprint density at radius 3 is 2.09 bits per heavy atom. The number of carbonyl (C=O) groups excluding carboxylic acids is 2. The van der Waals surface area contributed by atoms with E-state index in [2.05, 4.69) is 6.92 Å². The van der Waals surface area contributed by atoms with Crippen LogP contribution in [0.5, 0.6) is 0 Å². The van der Waals surface area contributed by atoms with Gasteiger partial charge in [0.2, 0.25) is 5.91 Å². The van der Waals surface area contributed by atoms with E-state index in [1.807, 2.05) is 103 Å². The summed E-state index contributed by atoms with van der Waals surface area (Å²) in [4.78, 5) is 31.0. The van der Waals surface area contributed by atoms with Crippen LogP contribution in [0.4, 0.5) is 4.79 Å². The SMILES string of the molecule is CCC[C@@H]1[C@@H](Cc2ccccc2)C(=O)N([C@@H](C)c2ccccc2)CN1C(=O)OCc1ccccc1. The van der Waals surface area contributed by atoms with Crippen molar-refractivity contribution in [2.75, 3.05) is 6.67 Å². The van der Waals surface area contributed by atoms with Gasteiger partial charge in [-0.1, -0.05) is 104 Å².